The van der Waals surface area contributed by atoms with Gasteiger partial charge in [0.25, 0.3) is 0 Å². The highest BCUT2D eigenvalue weighted by molar-refractivity contribution is 5.94. The molecular formula is C13H22N2O3. The lowest BCUT2D eigenvalue weighted by atomic mass is 9.96. The fraction of sp³-hybridized carbons (Fsp3) is 0.692. The summed E-state index contributed by atoms with van der Waals surface area (Å²) in [4.78, 5) is 23.6. The van der Waals surface area contributed by atoms with Crippen LogP contribution in [0, 0.1) is 0 Å². The molecule has 0 saturated carbocycles. The van der Waals surface area contributed by atoms with Gasteiger partial charge in [0.05, 0.1) is 18.2 Å². The molecule has 0 spiro atoms. The maximum atomic E-state index is 12.0. The van der Waals surface area contributed by atoms with Gasteiger partial charge in [-0.2, -0.15) is 0 Å². The highest BCUT2D eigenvalue weighted by atomic mass is 16.5. The SMILES string of the molecule is CCCC1=C(C(=O)OCC)C(CCC)NC(=O)N1. The van der Waals surface area contributed by atoms with Gasteiger partial charge in [-0.05, 0) is 19.8 Å². The van der Waals surface area contributed by atoms with E-state index in [2.05, 4.69) is 10.6 Å². The Morgan fingerprint density at radius 1 is 1.28 bits per heavy atom. The molecular weight excluding hydrogens is 232 g/mol. The molecule has 0 saturated heterocycles. The van der Waals surface area contributed by atoms with Crippen molar-refractivity contribution in [2.24, 2.45) is 0 Å². The van der Waals surface area contributed by atoms with Gasteiger partial charge in [0, 0.05) is 5.70 Å². The van der Waals surface area contributed by atoms with Crippen LogP contribution in [0.25, 0.3) is 0 Å². The van der Waals surface area contributed by atoms with Crippen molar-refractivity contribution in [3.05, 3.63) is 11.3 Å². The van der Waals surface area contributed by atoms with Crippen LogP contribution in [0.1, 0.15) is 46.5 Å². The van der Waals surface area contributed by atoms with E-state index in [1.54, 1.807) is 6.92 Å². The summed E-state index contributed by atoms with van der Waals surface area (Å²) in [5.41, 5.74) is 1.29. The Kier molecular flexibility index (Phi) is 5.68. The normalized spacial score (nSPS) is 19.3. The lowest BCUT2D eigenvalue weighted by molar-refractivity contribution is -0.139. The highest BCUT2D eigenvalue weighted by Gasteiger charge is 2.31. The molecule has 18 heavy (non-hydrogen) atoms. The van der Waals surface area contributed by atoms with Gasteiger partial charge < -0.3 is 15.4 Å². The zero-order valence-electron chi connectivity index (χ0n) is 11.3. The number of nitrogens with one attached hydrogen (secondary N) is 2. The van der Waals surface area contributed by atoms with Gasteiger partial charge in [-0.1, -0.05) is 26.7 Å². The van der Waals surface area contributed by atoms with Gasteiger partial charge in [0.1, 0.15) is 0 Å². The van der Waals surface area contributed by atoms with Crippen LogP contribution >= 0.6 is 0 Å². The van der Waals surface area contributed by atoms with Crippen molar-refractivity contribution < 1.29 is 14.3 Å². The van der Waals surface area contributed by atoms with Crippen molar-refractivity contribution in [2.45, 2.75) is 52.5 Å². The molecule has 0 bridgehead atoms. The van der Waals surface area contributed by atoms with E-state index in [1.807, 2.05) is 13.8 Å². The van der Waals surface area contributed by atoms with Crippen molar-refractivity contribution in [2.75, 3.05) is 6.61 Å². The van der Waals surface area contributed by atoms with E-state index in [0.29, 0.717) is 24.3 Å². The molecule has 0 aromatic carbocycles. The smallest absolute Gasteiger partial charge is 0.337 e. The quantitative estimate of drug-likeness (QED) is 0.713. The van der Waals surface area contributed by atoms with E-state index in [-0.39, 0.29) is 18.0 Å². The Hall–Kier alpha value is -1.52. The highest BCUT2D eigenvalue weighted by Crippen LogP contribution is 2.20. The number of carbonyl (C=O) groups excluding carboxylic acids is 2. The largest absolute Gasteiger partial charge is 0.463 e. The van der Waals surface area contributed by atoms with Crippen LogP contribution in [0.15, 0.2) is 11.3 Å². The summed E-state index contributed by atoms with van der Waals surface area (Å²) in [5, 5.41) is 5.51. The number of carbonyl (C=O) groups is 2. The lowest BCUT2D eigenvalue weighted by Crippen LogP contribution is -2.50. The van der Waals surface area contributed by atoms with Crippen molar-refractivity contribution in [3.8, 4) is 0 Å². The topological polar surface area (TPSA) is 67.4 Å². The van der Waals surface area contributed by atoms with Gasteiger partial charge in [-0.3, -0.25) is 0 Å². The minimum atomic E-state index is -0.327. The van der Waals surface area contributed by atoms with E-state index in [9.17, 15) is 9.59 Å². The van der Waals surface area contributed by atoms with Crippen LogP contribution < -0.4 is 10.6 Å². The van der Waals surface area contributed by atoms with Crippen LogP contribution in [-0.2, 0) is 9.53 Å². The molecule has 102 valence electrons. The number of allylic oxidation sites excluding steroid dienone is 1. The van der Waals surface area contributed by atoms with E-state index in [0.717, 1.165) is 19.3 Å². The molecule has 1 heterocycles. The molecule has 0 radical (unpaired) electrons. The summed E-state index contributed by atoms with van der Waals surface area (Å²) < 4.78 is 5.08. The molecule has 0 fully saturated rings. The first-order valence-corrected chi connectivity index (χ1v) is 6.61. The van der Waals surface area contributed by atoms with Gasteiger partial charge in [-0.25, -0.2) is 9.59 Å². The third-order valence-corrected chi connectivity index (χ3v) is 2.82. The molecule has 1 aliphatic rings. The maximum Gasteiger partial charge on any atom is 0.337 e. The van der Waals surface area contributed by atoms with Gasteiger partial charge in [0.2, 0.25) is 0 Å². The molecule has 1 atom stereocenters. The number of urea groups is 1. The van der Waals surface area contributed by atoms with Gasteiger partial charge in [-0.15, -0.1) is 0 Å². The fourth-order valence-electron chi connectivity index (χ4n) is 2.11. The third-order valence-electron chi connectivity index (χ3n) is 2.82. The first-order valence-electron chi connectivity index (χ1n) is 6.61. The molecule has 0 aliphatic carbocycles. The summed E-state index contributed by atoms with van der Waals surface area (Å²) >= 11 is 0. The van der Waals surface area contributed by atoms with E-state index < -0.39 is 0 Å². The Morgan fingerprint density at radius 2 is 2.00 bits per heavy atom. The first kappa shape index (κ1) is 14.5. The van der Waals surface area contributed by atoms with E-state index >= 15 is 0 Å². The lowest BCUT2D eigenvalue weighted by Gasteiger charge is -2.28. The zero-order valence-corrected chi connectivity index (χ0v) is 11.3. The minimum Gasteiger partial charge on any atom is -0.463 e. The number of amides is 2. The second-order valence-corrected chi connectivity index (χ2v) is 4.30. The maximum absolute atomic E-state index is 12.0. The van der Waals surface area contributed by atoms with Crippen LogP contribution in [0.2, 0.25) is 0 Å². The molecule has 1 rings (SSSR count). The first-order chi connectivity index (χ1) is 8.63. The van der Waals surface area contributed by atoms with Crippen LogP contribution in [-0.4, -0.2) is 24.6 Å². The standard InChI is InChI=1S/C13H22N2O3/c1-4-7-9-11(12(16)18-6-3)10(8-5-2)15-13(17)14-9/h9H,4-8H2,1-3H3,(H2,14,15,17). The van der Waals surface area contributed by atoms with Crippen molar-refractivity contribution in [1.29, 1.82) is 0 Å². The summed E-state index contributed by atoms with van der Waals surface area (Å²) in [5.74, 6) is -0.327. The monoisotopic (exact) mass is 254 g/mol. The van der Waals surface area contributed by atoms with Crippen LogP contribution in [0.5, 0.6) is 0 Å². The van der Waals surface area contributed by atoms with Crippen molar-refractivity contribution in [3.63, 3.8) is 0 Å². The molecule has 5 nitrogen and oxygen atoms in total. The number of hydrogen-bond acceptors (Lipinski definition) is 3. The van der Waals surface area contributed by atoms with E-state index in [1.165, 1.54) is 0 Å². The average molecular weight is 254 g/mol. The van der Waals surface area contributed by atoms with E-state index in [4.69, 9.17) is 4.74 Å². The summed E-state index contributed by atoms with van der Waals surface area (Å²) in [6, 6.07) is -0.464. The van der Waals surface area contributed by atoms with Gasteiger partial charge >= 0.3 is 12.0 Å². The molecule has 2 N–H and O–H groups in total. The van der Waals surface area contributed by atoms with Crippen LogP contribution in [0.3, 0.4) is 0 Å². The predicted octanol–water partition coefficient (Wildman–Crippen LogP) is 2.09. The van der Waals surface area contributed by atoms with Crippen LogP contribution in [0.4, 0.5) is 4.79 Å². The molecule has 0 aromatic rings. The Labute approximate surface area is 108 Å². The Morgan fingerprint density at radius 3 is 2.56 bits per heavy atom. The molecule has 0 aromatic heterocycles. The third kappa shape index (κ3) is 3.48. The predicted molar refractivity (Wildman–Crippen MR) is 68.9 cm³/mol. The van der Waals surface area contributed by atoms with Crippen molar-refractivity contribution >= 4 is 12.0 Å². The molecule has 2 amide bonds. The fourth-order valence-corrected chi connectivity index (χ4v) is 2.11. The summed E-state index contributed by atoms with van der Waals surface area (Å²) in [6.45, 7) is 6.16. The average Bonchev–Trinajstić information content (AvgIpc) is 2.29. The molecule has 1 aliphatic heterocycles. The van der Waals surface area contributed by atoms with Crippen molar-refractivity contribution in [1.82, 2.24) is 10.6 Å². The minimum absolute atomic E-state index is 0.232. The summed E-state index contributed by atoms with van der Waals surface area (Å²) in [7, 11) is 0. The number of esters is 1. The number of ether oxygens (including phenoxy) is 1. The van der Waals surface area contributed by atoms with Gasteiger partial charge in [0.15, 0.2) is 0 Å². The number of rotatable bonds is 6. The number of hydrogen-bond donors (Lipinski definition) is 2. The molecule has 1 unspecified atom stereocenters. The Bertz CT molecular complexity index is 350. The zero-order chi connectivity index (χ0) is 13.5. The Balaban J connectivity index is 3.04. The second-order valence-electron chi connectivity index (χ2n) is 4.30. The summed E-state index contributed by atoms with van der Waals surface area (Å²) in [6.07, 6.45) is 3.20. The molecule has 5 heteroatoms. The second kappa shape index (κ2) is 7.03.